The third-order valence-electron chi connectivity index (χ3n) is 3.74. The summed E-state index contributed by atoms with van der Waals surface area (Å²) in [5.74, 6) is -0.985. The number of aryl methyl sites for hydroxylation is 1. The quantitative estimate of drug-likeness (QED) is 0.510. The average Bonchev–Trinajstić information content (AvgIpc) is 2.85. The molecule has 0 bridgehead atoms. The molecule has 21 heavy (non-hydrogen) atoms. The summed E-state index contributed by atoms with van der Waals surface area (Å²) < 4.78 is 0. The number of hydrogen-bond donors (Lipinski definition) is 3. The molecular formula is C17H16N2O2. The fourth-order valence-electron chi connectivity index (χ4n) is 2.83. The minimum absolute atomic E-state index is 0.436. The van der Waals surface area contributed by atoms with E-state index < -0.39 is 11.8 Å². The SMILES string of the molecule is Cc1[nH]c2ccccc2c1C(C(=O)NO)c1ccccc1. The monoisotopic (exact) mass is 280 g/mol. The molecule has 3 rings (SSSR count). The number of carbonyl (C=O) groups excluding carboxylic acids is 1. The molecule has 0 fully saturated rings. The molecule has 4 heteroatoms. The van der Waals surface area contributed by atoms with Gasteiger partial charge in [0.1, 0.15) is 0 Å². The largest absolute Gasteiger partial charge is 0.358 e. The van der Waals surface area contributed by atoms with Crippen LogP contribution in [-0.2, 0) is 4.79 Å². The summed E-state index contributed by atoms with van der Waals surface area (Å²) in [4.78, 5) is 15.5. The molecule has 2 aromatic carbocycles. The fraction of sp³-hybridized carbons (Fsp3) is 0.118. The fourth-order valence-corrected chi connectivity index (χ4v) is 2.83. The summed E-state index contributed by atoms with van der Waals surface area (Å²) in [6, 6.07) is 17.3. The van der Waals surface area contributed by atoms with Crippen molar-refractivity contribution in [3.05, 3.63) is 71.4 Å². The van der Waals surface area contributed by atoms with Crippen molar-refractivity contribution in [3.8, 4) is 0 Å². The number of rotatable bonds is 3. The highest BCUT2D eigenvalue weighted by atomic mass is 16.5. The van der Waals surface area contributed by atoms with E-state index in [2.05, 4.69) is 4.98 Å². The van der Waals surface area contributed by atoms with Gasteiger partial charge in [0.05, 0.1) is 5.92 Å². The van der Waals surface area contributed by atoms with E-state index in [4.69, 9.17) is 5.21 Å². The van der Waals surface area contributed by atoms with Crippen LogP contribution in [0.4, 0.5) is 0 Å². The molecule has 106 valence electrons. The Morgan fingerprint density at radius 3 is 2.48 bits per heavy atom. The van der Waals surface area contributed by atoms with Gasteiger partial charge >= 0.3 is 0 Å². The Bertz CT molecular complexity index is 778. The molecule has 1 heterocycles. The normalized spacial score (nSPS) is 12.3. The van der Waals surface area contributed by atoms with E-state index in [1.807, 2.05) is 61.5 Å². The number of aromatic amines is 1. The van der Waals surface area contributed by atoms with Crippen LogP contribution in [0.2, 0.25) is 0 Å². The van der Waals surface area contributed by atoms with Gasteiger partial charge in [-0.15, -0.1) is 0 Å². The summed E-state index contributed by atoms with van der Waals surface area (Å²) in [5, 5.41) is 10.1. The lowest BCUT2D eigenvalue weighted by Gasteiger charge is -2.16. The molecule has 0 aliphatic rings. The van der Waals surface area contributed by atoms with Crippen LogP contribution in [-0.4, -0.2) is 16.1 Å². The van der Waals surface area contributed by atoms with Gasteiger partial charge in [-0.1, -0.05) is 48.5 Å². The molecule has 0 aliphatic heterocycles. The molecule has 1 aromatic heterocycles. The molecule has 1 amide bonds. The first-order valence-corrected chi connectivity index (χ1v) is 6.78. The smallest absolute Gasteiger partial charge is 0.255 e. The van der Waals surface area contributed by atoms with E-state index >= 15 is 0 Å². The van der Waals surface area contributed by atoms with E-state index in [1.165, 1.54) is 0 Å². The molecule has 0 radical (unpaired) electrons. The Balaban J connectivity index is 2.24. The van der Waals surface area contributed by atoms with E-state index in [-0.39, 0.29) is 0 Å². The van der Waals surface area contributed by atoms with Gasteiger partial charge in [-0.3, -0.25) is 10.0 Å². The van der Waals surface area contributed by atoms with E-state index in [9.17, 15) is 4.79 Å². The zero-order valence-corrected chi connectivity index (χ0v) is 11.6. The first-order chi connectivity index (χ1) is 10.2. The van der Waals surface area contributed by atoms with Crippen LogP contribution >= 0.6 is 0 Å². The molecule has 0 aliphatic carbocycles. The predicted molar refractivity (Wildman–Crippen MR) is 81.2 cm³/mol. The van der Waals surface area contributed by atoms with Gasteiger partial charge in [-0.05, 0) is 24.1 Å². The Morgan fingerprint density at radius 2 is 1.76 bits per heavy atom. The van der Waals surface area contributed by atoms with Gasteiger partial charge in [0.25, 0.3) is 5.91 Å². The molecule has 4 nitrogen and oxygen atoms in total. The summed E-state index contributed by atoms with van der Waals surface area (Å²) in [7, 11) is 0. The van der Waals surface area contributed by atoms with Crippen LogP contribution in [0.1, 0.15) is 22.7 Å². The Labute approximate surface area is 122 Å². The standard InChI is InChI=1S/C17H16N2O2/c1-11-15(13-9-5-6-10-14(13)18-11)16(17(20)19-21)12-7-3-2-4-8-12/h2-10,16,18,21H,1H3,(H,19,20). The molecular weight excluding hydrogens is 264 g/mol. The second kappa shape index (κ2) is 5.42. The van der Waals surface area contributed by atoms with Crippen molar-refractivity contribution < 1.29 is 10.0 Å². The molecule has 0 saturated heterocycles. The highest BCUT2D eigenvalue weighted by molar-refractivity contribution is 5.94. The average molecular weight is 280 g/mol. The molecule has 0 saturated carbocycles. The van der Waals surface area contributed by atoms with Crippen molar-refractivity contribution in [2.24, 2.45) is 0 Å². The Kier molecular flexibility index (Phi) is 3.46. The van der Waals surface area contributed by atoms with Crippen molar-refractivity contribution in [3.63, 3.8) is 0 Å². The van der Waals surface area contributed by atoms with Gasteiger partial charge in [-0.2, -0.15) is 0 Å². The number of para-hydroxylation sites is 1. The van der Waals surface area contributed by atoms with Crippen molar-refractivity contribution in [1.29, 1.82) is 0 Å². The lowest BCUT2D eigenvalue weighted by atomic mass is 9.88. The van der Waals surface area contributed by atoms with Crippen LogP contribution in [0.25, 0.3) is 10.9 Å². The first kappa shape index (κ1) is 13.4. The van der Waals surface area contributed by atoms with Crippen LogP contribution in [0.5, 0.6) is 0 Å². The van der Waals surface area contributed by atoms with Crippen molar-refractivity contribution in [1.82, 2.24) is 10.5 Å². The Hall–Kier alpha value is -2.59. The lowest BCUT2D eigenvalue weighted by molar-refractivity contribution is -0.129. The highest BCUT2D eigenvalue weighted by Gasteiger charge is 2.27. The minimum Gasteiger partial charge on any atom is -0.358 e. The van der Waals surface area contributed by atoms with Crippen molar-refractivity contribution >= 4 is 16.8 Å². The second-order valence-corrected chi connectivity index (χ2v) is 5.03. The molecule has 0 spiro atoms. The maximum absolute atomic E-state index is 12.2. The van der Waals surface area contributed by atoms with Crippen LogP contribution in [0.3, 0.4) is 0 Å². The van der Waals surface area contributed by atoms with Crippen molar-refractivity contribution in [2.75, 3.05) is 0 Å². The Morgan fingerprint density at radius 1 is 1.10 bits per heavy atom. The summed E-state index contributed by atoms with van der Waals surface area (Å²) >= 11 is 0. The molecule has 1 unspecified atom stereocenters. The molecule has 3 N–H and O–H groups in total. The number of nitrogens with one attached hydrogen (secondary N) is 2. The lowest BCUT2D eigenvalue weighted by Crippen LogP contribution is -2.27. The van der Waals surface area contributed by atoms with E-state index in [0.717, 1.165) is 27.7 Å². The van der Waals surface area contributed by atoms with Gasteiger partial charge in [0.15, 0.2) is 0 Å². The van der Waals surface area contributed by atoms with Gasteiger partial charge in [0.2, 0.25) is 0 Å². The maximum Gasteiger partial charge on any atom is 0.255 e. The molecule has 1 atom stereocenters. The predicted octanol–water partition coefficient (Wildman–Crippen LogP) is 3.11. The number of fused-ring (bicyclic) bond motifs is 1. The maximum atomic E-state index is 12.2. The third kappa shape index (κ3) is 2.30. The number of carbonyl (C=O) groups is 1. The zero-order chi connectivity index (χ0) is 14.8. The van der Waals surface area contributed by atoms with Gasteiger partial charge in [-0.25, -0.2) is 5.48 Å². The van der Waals surface area contributed by atoms with E-state index in [1.54, 1.807) is 5.48 Å². The topological polar surface area (TPSA) is 65.1 Å². The number of hydroxylamine groups is 1. The summed E-state index contributed by atoms with van der Waals surface area (Å²) in [6.45, 7) is 1.94. The molecule has 3 aromatic rings. The second-order valence-electron chi connectivity index (χ2n) is 5.03. The minimum atomic E-state index is -0.549. The van der Waals surface area contributed by atoms with Crippen LogP contribution in [0, 0.1) is 6.92 Å². The number of H-pyrrole nitrogens is 1. The number of aromatic nitrogens is 1. The van der Waals surface area contributed by atoms with Crippen molar-refractivity contribution in [2.45, 2.75) is 12.8 Å². The number of hydrogen-bond acceptors (Lipinski definition) is 2. The van der Waals surface area contributed by atoms with Gasteiger partial charge < -0.3 is 4.98 Å². The highest BCUT2D eigenvalue weighted by Crippen LogP contribution is 2.33. The number of amides is 1. The van der Waals surface area contributed by atoms with Crippen LogP contribution < -0.4 is 5.48 Å². The zero-order valence-electron chi connectivity index (χ0n) is 11.6. The third-order valence-corrected chi connectivity index (χ3v) is 3.74. The summed E-state index contributed by atoms with van der Waals surface area (Å²) in [5.41, 5.74) is 5.43. The van der Waals surface area contributed by atoms with Gasteiger partial charge in [0, 0.05) is 16.6 Å². The van der Waals surface area contributed by atoms with E-state index in [0.29, 0.717) is 0 Å². The van der Waals surface area contributed by atoms with Crippen LogP contribution in [0.15, 0.2) is 54.6 Å². The number of benzene rings is 2. The summed E-state index contributed by atoms with van der Waals surface area (Å²) in [6.07, 6.45) is 0. The first-order valence-electron chi connectivity index (χ1n) is 6.78.